The molecule has 0 aromatic heterocycles. The van der Waals surface area contributed by atoms with Crippen molar-refractivity contribution in [2.45, 2.75) is 72.6 Å². The third-order valence-electron chi connectivity index (χ3n) is 5.56. The van der Waals surface area contributed by atoms with Crippen LogP contribution in [-0.2, 0) is 22.4 Å². The zero-order valence-electron chi connectivity index (χ0n) is 20.3. The first-order valence-corrected chi connectivity index (χ1v) is 11.8. The SMILES string of the molecule is CCc1ccc(C(C)=NNC(=O)CCCCCC(=O)NN=C(C)c2ccc(CC)cc2)cc1. The molecule has 0 aliphatic heterocycles. The maximum atomic E-state index is 12.0. The fourth-order valence-electron chi connectivity index (χ4n) is 3.24. The molecule has 0 radical (unpaired) electrons. The maximum Gasteiger partial charge on any atom is 0.240 e. The minimum Gasteiger partial charge on any atom is -0.273 e. The Morgan fingerprint density at radius 2 is 1.00 bits per heavy atom. The topological polar surface area (TPSA) is 82.9 Å². The highest BCUT2D eigenvalue weighted by molar-refractivity contribution is 5.99. The smallest absolute Gasteiger partial charge is 0.240 e. The largest absolute Gasteiger partial charge is 0.273 e. The lowest BCUT2D eigenvalue weighted by Gasteiger charge is -2.05. The van der Waals surface area contributed by atoms with E-state index < -0.39 is 0 Å². The quantitative estimate of drug-likeness (QED) is 0.268. The highest BCUT2D eigenvalue weighted by Gasteiger charge is 2.05. The van der Waals surface area contributed by atoms with Crippen LogP contribution in [0.4, 0.5) is 0 Å². The Balaban J connectivity index is 1.62. The molecule has 0 unspecified atom stereocenters. The number of hydrazone groups is 2. The van der Waals surface area contributed by atoms with Crippen LogP contribution in [0.3, 0.4) is 0 Å². The van der Waals surface area contributed by atoms with Gasteiger partial charge >= 0.3 is 0 Å². The van der Waals surface area contributed by atoms with Crippen molar-refractivity contribution in [2.24, 2.45) is 10.2 Å². The highest BCUT2D eigenvalue weighted by Crippen LogP contribution is 2.08. The molecule has 0 spiro atoms. The lowest BCUT2D eigenvalue weighted by Crippen LogP contribution is -2.19. The standard InChI is InChI=1S/C27H36N4O2/c1-5-22-12-16-24(17-13-22)20(3)28-30-26(32)10-8-7-9-11-27(33)31-29-21(4)25-18-14-23(6-2)15-19-25/h12-19H,5-11H2,1-4H3,(H,30,32)(H,31,33). The summed E-state index contributed by atoms with van der Waals surface area (Å²) in [5, 5.41) is 8.38. The molecule has 6 nitrogen and oxygen atoms in total. The molecule has 0 heterocycles. The van der Waals surface area contributed by atoms with Crippen molar-refractivity contribution in [3.63, 3.8) is 0 Å². The Labute approximate surface area is 197 Å². The van der Waals surface area contributed by atoms with E-state index in [0.29, 0.717) is 25.7 Å². The van der Waals surface area contributed by atoms with Crippen LogP contribution in [0.5, 0.6) is 0 Å². The number of benzene rings is 2. The molecule has 2 N–H and O–H groups in total. The fraction of sp³-hybridized carbons (Fsp3) is 0.407. The summed E-state index contributed by atoms with van der Waals surface area (Å²) in [6, 6.07) is 16.4. The lowest BCUT2D eigenvalue weighted by molar-refractivity contribution is -0.121. The molecule has 2 amide bonds. The molecular formula is C27H36N4O2. The Morgan fingerprint density at radius 1 is 0.636 bits per heavy atom. The molecular weight excluding hydrogens is 412 g/mol. The summed E-state index contributed by atoms with van der Waals surface area (Å²) < 4.78 is 0. The molecule has 6 heteroatoms. The zero-order valence-corrected chi connectivity index (χ0v) is 20.3. The number of rotatable bonds is 12. The summed E-state index contributed by atoms with van der Waals surface area (Å²) in [5.41, 5.74) is 11.3. The van der Waals surface area contributed by atoms with E-state index in [1.54, 1.807) is 0 Å². The van der Waals surface area contributed by atoms with Gasteiger partial charge in [0.25, 0.3) is 0 Å². The van der Waals surface area contributed by atoms with E-state index in [-0.39, 0.29) is 11.8 Å². The number of carbonyl (C=O) groups excluding carboxylic acids is 2. The molecule has 0 bridgehead atoms. The van der Waals surface area contributed by atoms with Crippen LogP contribution in [0.15, 0.2) is 58.7 Å². The molecule has 0 aliphatic rings. The van der Waals surface area contributed by atoms with E-state index in [9.17, 15) is 9.59 Å². The summed E-state index contributed by atoms with van der Waals surface area (Å²) >= 11 is 0. The van der Waals surface area contributed by atoms with Crippen LogP contribution in [0.25, 0.3) is 0 Å². The Kier molecular flexibility index (Phi) is 11.0. The molecule has 176 valence electrons. The molecule has 0 fully saturated rings. The first-order valence-electron chi connectivity index (χ1n) is 11.8. The van der Waals surface area contributed by atoms with Gasteiger partial charge in [-0.15, -0.1) is 0 Å². The van der Waals surface area contributed by atoms with E-state index in [4.69, 9.17) is 0 Å². The number of aryl methyl sites for hydroxylation is 2. The summed E-state index contributed by atoms with van der Waals surface area (Å²) in [6.45, 7) is 7.99. The minimum absolute atomic E-state index is 0.113. The number of unbranched alkanes of at least 4 members (excludes halogenated alkanes) is 2. The van der Waals surface area contributed by atoms with Crippen molar-refractivity contribution in [3.8, 4) is 0 Å². The fourth-order valence-corrected chi connectivity index (χ4v) is 3.24. The van der Waals surface area contributed by atoms with Crippen LogP contribution in [0, 0.1) is 0 Å². The molecule has 0 atom stereocenters. The van der Waals surface area contributed by atoms with E-state index in [2.05, 4.69) is 59.2 Å². The number of carbonyl (C=O) groups is 2. The van der Waals surface area contributed by atoms with E-state index in [1.807, 2.05) is 38.1 Å². The number of nitrogens with one attached hydrogen (secondary N) is 2. The molecule has 2 aromatic carbocycles. The van der Waals surface area contributed by atoms with Gasteiger partial charge in [0.1, 0.15) is 0 Å². The van der Waals surface area contributed by atoms with Crippen LogP contribution in [0.2, 0.25) is 0 Å². The first kappa shape index (κ1) is 26.0. The highest BCUT2D eigenvalue weighted by atomic mass is 16.2. The molecule has 0 aliphatic carbocycles. The molecule has 0 saturated heterocycles. The van der Waals surface area contributed by atoms with Gasteiger partial charge in [0.15, 0.2) is 0 Å². The van der Waals surface area contributed by atoms with Gasteiger partial charge in [-0.3, -0.25) is 9.59 Å². The van der Waals surface area contributed by atoms with Crippen molar-refractivity contribution in [2.75, 3.05) is 0 Å². The van der Waals surface area contributed by atoms with Crippen molar-refractivity contribution in [1.29, 1.82) is 0 Å². The van der Waals surface area contributed by atoms with Crippen LogP contribution in [-0.4, -0.2) is 23.2 Å². The predicted molar refractivity (Wildman–Crippen MR) is 135 cm³/mol. The normalized spacial score (nSPS) is 11.9. The van der Waals surface area contributed by atoms with E-state index in [0.717, 1.165) is 41.8 Å². The van der Waals surface area contributed by atoms with E-state index in [1.165, 1.54) is 11.1 Å². The van der Waals surface area contributed by atoms with Crippen molar-refractivity contribution >= 4 is 23.2 Å². The van der Waals surface area contributed by atoms with Crippen LogP contribution < -0.4 is 10.9 Å². The summed E-state index contributed by atoms with van der Waals surface area (Å²) in [5.74, 6) is -0.225. The Bertz CT molecular complexity index is 881. The van der Waals surface area contributed by atoms with Gasteiger partial charge in [0, 0.05) is 12.8 Å². The molecule has 0 saturated carbocycles. The van der Waals surface area contributed by atoms with Crippen molar-refractivity contribution in [3.05, 3.63) is 70.8 Å². The van der Waals surface area contributed by atoms with Crippen molar-refractivity contribution in [1.82, 2.24) is 10.9 Å². The third kappa shape index (κ3) is 9.39. The monoisotopic (exact) mass is 448 g/mol. The van der Waals surface area contributed by atoms with Gasteiger partial charge in [0.2, 0.25) is 11.8 Å². The average molecular weight is 449 g/mol. The van der Waals surface area contributed by atoms with Gasteiger partial charge in [0.05, 0.1) is 11.4 Å². The number of hydrogen-bond acceptors (Lipinski definition) is 4. The van der Waals surface area contributed by atoms with Gasteiger partial charge < -0.3 is 0 Å². The summed E-state index contributed by atoms with van der Waals surface area (Å²) in [4.78, 5) is 24.0. The molecule has 33 heavy (non-hydrogen) atoms. The number of nitrogens with zero attached hydrogens (tertiary/aromatic N) is 2. The summed E-state index contributed by atoms with van der Waals surface area (Å²) in [7, 11) is 0. The first-order chi connectivity index (χ1) is 15.9. The lowest BCUT2D eigenvalue weighted by atomic mass is 10.1. The Hall–Kier alpha value is -3.28. The molecule has 2 rings (SSSR count). The predicted octanol–water partition coefficient (Wildman–Crippen LogP) is 5.14. The maximum absolute atomic E-state index is 12.0. The van der Waals surface area contributed by atoms with Gasteiger partial charge in [-0.05, 0) is 61.8 Å². The number of hydrogen-bond donors (Lipinski definition) is 2. The number of amides is 2. The van der Waals surface area contributed by atoms with E-state index >= 15 is 0 Å². The minimum atomic E-state index is -0.113. The second-order valence-corrected chi connectivity index (χ2v) is 8.13. The molecule has 2 aromatic rings. The second-order valence-electron chi connectivity index (χ2n) is 8.13. The van der Waals surface area contributed by atoms with Gasteiger partial charge in [-0.1, -0.05) is 68.8 Å². The zero-order chi connectivity index (χ0) is 24.1. The average Bonchev–Trinajstić information content (AvgIpc) is 2.85. The van der Waals surface area contributed by atoms with Gasteiger partial charge in [-0.2, -0.15) is 10.2 Å². The van der Waals surface area contributed by atoms with Crippen molar-refractivity contribution < 1.29 is 9.59 Å². The summed E-state index contributed by atoms with van der Waals surface area (Å²) in [6.07, 6.45) is 4.99. The third-order valence-corrected chi connectivity index (χ3v) is 5.56. The second kappa shape index (κ2) is 14.0. The van der Waals surface area contributed by atoms with Crippen LogP contribution in [0.1, 0.15) is 82.1 Å². The van der Waals surface area contributed by atoms with Gasteiger partial charge in [-0.25, -0.2) is 10.9 Å². The van der Waals surface area contributed by atoms with Crippen LogP contribution >= 0.6 is 0 Å². The Morgan fingerprint density at radius 3 is 1.33 bits per heavy atom.